The van der Waals surface area contributed by atoms with Crippen molar-refractivity contribution in [3.8, 4) is 0 Å². The minimum atomic E-state index is 0. The molecule has 21 heavy (non-hydrogen) atoms. The Hall–Kier alpha value is 0.254. The molecule has 2 aliphatic carbocycles. The molecule has 0 N–H and O–H groups in total. The summed E-state index contributed by atoms with van der Waals surface area (Å²) in [5, 5.41) is 0. The van der Waals surface area contributed by atoms with Crippen LogP contribution in [0.1, 0.15) is 53.4 Å². The molecule has 0 aromatic carbocycles. The largest absolute Gasteiger partial charge is 4.00 e. The Morgan fingerprint density at radius 2 is 1.14 bits per heavy atom. The van der Waals surface area contributed by atoms with Crippen LogP contribution in [-0.4, -0.2) is 0 Å². The first-order chi connectivity index (χ1) is 8.58. The smallest absolute Gasteiger partial charge is 1.00 e. The number of rotatable bonds is 4. The standard InChI is InChI=1S/2C9H13.2ClH.Ti/c2*1-8(2)7-9-5-3-4-6-9;;;/h2*3,5,8H,4,7H2,1-2H3;2*1H;/q2*-1;;;+4/p-2. The summed E-state index contributed by atoms with van der Waals surface area (Å²) in [4.78, 5) is 0. The van der Waals surface area contributed by atoms with Gasteiger partial charge in [-0.2, -0.15) is 12.2 Å². The van der Waals surface area contributed by atoms with Crippen molar-refractivity contribution < 1.29 is 46.5 Å². The normalized spacial score (nSPS) is 14.6. The number of hydrogen-bond donors (Lipinski definition) is 0. The summed E-state index contributed by atoms with van der Waals surface area (Å²) in [5.74, 6) is 1.55. The van der Waals surface area contributed by atoms with Gasteiger partial charge in [0.05, 0.1) is 0 Å². The molecule has 0 unspecified atom stereocenters. The van der Waals surface area contributed by atoms with E-state index >= 15 is 0 Å². The molecular formula is C18H26Cl2Ti. The summed E-state index contributed by atoms with van der Waals surface area (Å²) in [7, 11) is 0. The predicted molar refractivity (Wildman–Crippen MR) is 79.9 cm³/mol. The van der Waals surface area contributed by atoms with Crippen molar-refractivity contribution in [3.05, 3.63) is 47.6 Å². The van der Waals surface area contributed by atoms with Crippen molar-refractivity contribution in [3.63, 3.8) is 0 Å². The van der Waals surface area contributed by atoms with Gasteiger partial charge < -0.3 is 24.8 Å². The predicted octanol–water partition coefficient (Wildman–Crippen LogP) is -0.551. The first-order valence-corrected chi connectivity index (χ1v) is 7.10. The van der Waals surface area contributed by atoms with Crippen LogP contribution in [0, 0.1) is 24.0 Å². The van der Waals surface area contributed by atoms with E-state index in [0.717, 1.165) is 24.7 Å². The van der Waals surface area contributed by atoms with Crippen LogP contribution in [0.15, 0.2) is 35.5 Å². The van der Waals surface area contributed by atoms with Crippen molar-refractivity contribution >= 4 is 0 Å². The topological polar surface area (TPSA) is 0 Å². The van der Waals surface area contributed by atoms with Gasteiger partial charge in [0, 0.05) is 0 Å². The number of halogens is 2. The third kappa shape index (κ3) is 13.6. The van der Waals surface area contributed by atoms with Gasteiger partial charge in [-0.25, -0.2) is 23.3 Å². The number of allylic oxidation sites excluding steroid dienone is 8. The van der Waals surface area contributed by atoms with E-state index in [0.29, 0.717) is 0 Å². The Kier molecular flexibility index (Phi) is 18.9. The average Bonchev–Trinajstić information content (AvgIpc) is 2.90. The van der Waals surface area contributed by atoms with Gasteiger partial charge in [0.15, 0.2) is 0 Å². The average molecular weight is 361 g/mol. The van der Waals surface area contributed by atoms with Gasteiger partial charge in [-0.15, -0.1) is 12.8 Å². The molecule has 0 aromatic rings. The van der Waals surface area contributed by atoms with Gasteiger partial charge in [0.1, 0.15) is 0 Å². The Morgan fingerprint density at radius 1 is 0.810 bits per heavy atom. The zero-order valence-corrected chi connectivity index (χ0v) is 16.6. The molecule has 0 aromatic heterocycles. The molecule has 0 spiro atoms. The van der Waals surface area contributed by atoms with Crippen LogP contribution in [-0.2, 0) is 21.7 Å². The minimum Gasteiger partial charge on any atom is -1.00 e. The third-order valence-corrected chi connectivity index (χ3v) is 2.79. The fraction of sp³-hybridized carbons (Fsp3) is 0.556. The fourth-order valence-electron chi connectivity index (χ4n) is 2.06. The zero-order chi connectivity index (χ0) is 13.4. The van der Waals surface area contributed by atoms with E-state index in [1.165, 1.54) is 24.0 Å². The summed E-state index contributed by atoms with van der Waals surface area (Å²) >= 11 is 0. The van der Waals surface area contributed by atoms with E-state index in [1.54, 1.807) is 0 Å². The molecule has 0 atom stereocenters. The van der Waals surface area contributed by atoms with Crippen LogP contribution in [0.4, 0.5) is 0 Å². The Bertz CT molecular complexity index is 327. The molecule has 0 radical (unpaired) electrons. The molecule has 0 nitrogen and oxygen atoms in total. The van der Waals surface area contributed by atoms with Crippen LogP contribution in [0.5, 0.6) is 0 Å². The van der Waals surface area contributed by atoms with Crippen molar-refractivity contribution in [2.45, 2.75) is 53.4 Å². The first-order valence-electron chi connectivity index (χ1n) is 7.10. The van der Waals surface area contributed by atoms with Crippen LogP contribution in [0.2, 0.25) is 0 Å². The molecule has 0 saturated heterocycles. The van der Waals surface area contributed by atoms with E-state index in [9.17, 15) is 0 Å². The molecule has 0 heterocycles. The van der Waals surface area contributed by atoms with Crippen LogP contribution >= 0.6 is 0 Å². The van der Waals surface area contributed by atoms with Gasteiger partial charge in [-0.05, 0) is 11.8 Å². The van der Waals surface area contributed by atoms with Gasteiger partial charge in [0.25, 0.3) is 0 Å². The summed E-state index contributed by atoms with van der Waals surface area (Å²) in [6.45, 7) is 8.95. The quantitative estimate of drug-likeness (QED) is 0.466. The zero-order valence-electron chi connectivity index (χ0n) is 13.5. The molecule has 0 aliphatic heterocycles. The van der Waals surface area contributed by atoms with Crippen LogP contribution in [0.25, 0.3) is 0 Å². The Morgan fingerprint density at radius 3 is 1.33 bits per heavy atom. The maximum Gasteiger partial charge on any atom is 4.00 e. The molecule has 0 amide bonds. The number of hydrogen-bond acceptors (Lipinski definition) is 0. The van der Waals surface area contributed by atoms with Gasteiger partial charge >= 0.3 is 21.7 Å². The van der Waals surface area contributed by atoms with Crippen molar-refractivity contribution in [2.24, 2.45) is 11.8 Å². The van der Waals surface area contributed by atoms with E-state index < -0.39 is 0 Å². The second-order valence-electron chi connectivity index (χ2n) is 5.81. The van der Waals surface area contributed by atoms with Crippen molar-refractivity contribution in [2.75, 3.05) is 0 Å². The van der Waals surface area contributed by atoms with Crippen LogP contribution < -0.4 is 24.8 Å². The molecule has 2 rings (SSSR count). The van der Waals surface area contributed by atoms with E-state index in [-0.39, 0.29) is 46.5 Å². The van der Waals surface area contributed by atoms with Gasteiger partial charge in [-0.1, -0.05) is 40.5 Å². The van der Waals surface area contributed by atoms with E-state index in [1.807, 2.05) is 0 Å². The molecule has 0 fully saturated rings. The summed E-state index contributed by atoms with van der Waals surface area (Å²) in [5.41, 5.74) is 2.79. The monoisotopic (exact) mass is 360 g/mol. The van der Waals surface area contributed by atoms with E-state index in [2.05, 4.69) is 64.2 Å². The van der Waals surface area contributed by atoms with Crippen molar-refractivity contribution in [1.82, 2.24) is 0 Å². The second kappa shape index (κ2) is 15.2. The van der Waals surface area contributed by atoms with Crippen molar-refractivity contribution in [1.29, 1.82) is 0 Å². The Balaban J connectivity index is -0.000000270. The van der Waals surface area contributed by atoms with Gasteiger partial charge in [-0.3, -0.25) is 12.2 Å². The first kappa shape index (κ1) is 26.2. The minimum absolute atomic E-state index is 0. The van der Waals surface area contributed by atoms with Gasteiger partial charge in [0.2, 0.25) is 0 Å². The third-order valence-electron chi connectivity index (χ3n) is 2.79. The molecule has 0 bridgehead atoms. The summed E-state index contributed by atoms with van der Waals surface area (Å²) in [6.07, 6.45) is 19.7. The molecular weight excluding hydrogens is 335 g/mol. The Labute approximate surface area is 158 Å². The fourth-order valence-corrected chi connectivity index (χ4v) is 2.06. The molecule has 0 saturated carbocycles. The molecule has 3 heteroatoms. The van der Waals surface area contributed by atoms with E-state index in [4.69, 9.17) is 0 Å². The SMILES string of the molecule is CC(C)CC1=[C-]CC=C1.CC(C)CC1=[C-]CC=C1.[Cl-].[Cl-].[Ti+4]. The summed E-state index contributed by atoms with van der Waals surface area (Å²) < 4.78 is 0. The maximum atomic E-state index is 3.29. The second-order valence-corrected chi connectivity index (χ2v) is 5.81. The van der Waals surface area contributed by atoms with Crippen LogP contribution in [0.3, 0.4) is 0 Å². The maximum absolute atomic E-state index is 3.29. The summed E-state index contributed by atoms with van der Waals surface area (Å²) in [6, 6.07) is 0. The molecule has 2 aliphatic rings. The molecule has 116 valence electrons.